The maximum absolute atomic E-state index is 13.1. The number of amides is 1. The van der Waals surface area contributed by atoms with Gasteiger partial charge in [-0.1, -0.05) is 18.5 Å². The molecule has 2 aliphatic rings. The fraction of sp³-hybridized carbons (Fsp3) is 0.611. The highest BCUT2D eigenvalue weighted by atomic mass is 35.5. The van der Waals surface area contributed by atoms with Crippen molar-refractivity contribution < 1.29 is 13.2 Å². The van der Waals surface area contributed by atoms with Crippen molar-refractivity contribution in [2.75, 3.05) is 46.3 Å². The fourth-order valence-corrected chi connectivity index (χ4v) is 5.63. The third-order valence-electron chi connectivity index (χ3n) is 5.21. The van der Waals surface area contributed by atoms with Crippen molar-refractivity contribution in [2.45, 2.75) is 24.7 Å². The van der Waals surface area contributed by atoms with E-state index < -0.39 is 10.0 Å². The standard InChI is InChI=1S/C18H26ClN3O3S/c1-14-4-3-7-22(13-14)26(24,25)17-12-15(5-6-16(17)19)18(23)21-10-8-20(2)9-11-21/h5-6,12,14H,3-4,7-11,13H2,1-2H3. The number of piperidine rings is 1. The van der Waals surface area contributed by atoms with Gasteiger partial charge in [0.25, 0.3) is 5.91 Å². The van der Waals surface area contributed by atoms with Crippen LogP contribution in [0, 0.1) is 5.92 Å². The lowest BCUT2D eigenvalue weighted by Crippen LogP contribution is -2.47. The molecule has 0 N–H and O–H groups in total. The van der Waals surface area contributed by atoms with Gasteiger partial charge in [0, 0.05) is 44.8 Å². The average molecular weight is 400 g/mol. The van der Waals surface area contributed by atoms with E-state index >= 15 is 0 Å². The lowest BCUT2D eigenvalue weighted by molar-refractivity contribution is 0.0664. The molecule has 0 spiro atoms. The number of hydrogen-bond acceptors (Lipinski definition) is 4. The zero-order valence-corrected chi connectivity index (χ0v) is 16.9. The van der Waals surface area contributed by atoms with Gasteiger partial charge in [0.15, 0.2) is 0 Å². The van der Waals surface area contributed by atoms with Gasteiger partial charge in [0.1, 0.15) is 4.90 Å². The number of nitrogens with zero attached hydrogens (tertiary/aromatic N) is 3. The van der Waals surface area contributed by atoms with Gasteiger partial charge in [-0.05, 0) is 44.0 Å². The molecular weight excluding hydrogens is 374 g/mol. The molecule has 3 rings (SSSR count). The summed E-state index contributed by atoms with van der Waals surface area (Å²) in [5.74, 6) is 0.186. The second kappa shape index (κ2) is 7.84. The molecular formula is C18H26ClN3O3S. The molecule has 144 valence electrons. The van der Waals surface area contributed by atoms with E-state index in [1.54, 1.807) is 11.0 Å². The number of carbonyl (C=O) groups is 1. The molecule has 2 fully saturated rings. The Balaban J connectivity index is 1.86. The first kappa shape index (κ1) is 19.6. The van der Waals surface area contributed by atoms with Gasteiger partial charge in [-0.15, -0.1) is 0 Å². The zero-order chi connectivity index (χ0) is 18.9. The summed E-state index contributed by atoms with van der Waals surface area (Å²) in [5, 5.41) is 0.165. The first-order valence-electron chi connectivity index (χ1n) is 9.06. The first-order chi connectivity index (χ1) is 12.3. The van der Waals surface area contributed by atoms with Crippen molar-refractivity contribution in [3.63, 3.8) is 0 Å². The van der Waals surface area contributed by atoms with Gasteiger partial charge in [0.2, 0.25) is 10.0 Å². The lowest BCUT2D eigenvalue weighted by atomic mass is 10.0. The summed E-state index contributed by atoms with van der Waals surface area (Å²) >= 11 is 6.21. The van der Waals surface area contributed by atoms with Crippen LogP contribution in [0.25, 0.3) is 0 Å². The summed E-state index contributed by atoms with van der Waals surface area (Å²) in [5.41, 5.74) is 0.377. The highest BCUT2D eigenvalue weighted by molar-refractivity contribution is 7.89. The number of likely N-dealkylation sites (N-methyl/N-ethyl adjacent to an activating group) is 1. The Morgan fingerprint density at radius 3 is 2.50 bits per heavy atom. The number of sulfonamides is 1. The van der Waals surface area contributed by atoms with E-state index in [-0.39, 0.29) is 15.8 Å². The number of piperazine rings is 1. The summed E-state index contributed by atoms with van der Waals surface area (Å²) in [6.45, 7) is 5.96. The minimum atomic E-state index is -3.70. The second-order valence-electron chi connectivity index (χ2n) is 7.35. The molecule has 0 bridgehead atoms. The summed E-state index contributed by atoms with van der Waals surface area (Å²) in [7, 11) is -1.68. The molecule has 0 aliphatic carbocycles. The topological polar surface area (TPSA) is 60.9 Å². The predicted octanol–water partition coefficient (Wildman–Crippen LogP) is 2.15. The van der Waals surface area contributed by atoms with Crippen LogP contribution >= 0.6 is 11.6 Å². The fourth-order valence-electron chi connectivity index (χ4n) is 3.53. The third-order valence-corrected chi connectivity index (χ3v) is 7.55. The van der Waals surface area contributed by atoms with Gasteiger partial charge < -0.3 is 9.80 Å². The second-order valence-corrected chi connectivity index (χ2v) is 9.66. The van der Waals surface area contributed by atoms with E-state index in [1.807, 2.05) is 7.05 Å². The molecule has 1 unspecified atom stereocenters. The number of halogens is 1. The molecule has 6 nitrogen and oxygen atoms in total. The largest absolute Gasteiger partial charge is 0.336 e. The van der Waals surface area contributed by atoms with E-state index in [2.05, 4.69) is 11.8 Å². The minimum absolute atomic E-state index is 0.0354. The monoisotopic (exact) mass is 399 g/mol. The van der Waals surface area contributed by atoms with E-state index in [1.165, 1.54) is 16.4 Å². The van der Waals surface area contributed by atoms with Crippen LogP contribution in [-0.2, 0) is 10.0 Å². The molecule has 0 saturated carbocycles. The molecule has 1 atom stereocenters. The van der Waals surface area contributed by atoms with Crippen molar-refractivity contribution in [2.24, 2.45) is 5.92 Å². The Kier molecular flexibility index (Phi) is 5.91. The van der Waals surface area contributed by atoms with Crippen LogP contribution in [0.2, 0.25) is 5.02 Å². The molecule has 1 aromatic rings. The number of rotatable bonds is 3. The van der Waals surface area contributed by atoms with E-state index in [0.717, 1.165) is 25.9 Å². The van der Waals surface area contributed by atoms with Crippen molar-refractivity contribution in [3.05, 3.63) is 28.8 Å². The molecule has 26 heavy (non-hydrogen) atoms. The van der Waals surface area contributed by atoms with Crippen LogP contribution in [0.4, 0.5) is 0 Å². The van der Waals surface area contributed by atoms with E-state index in [4.69, 9.17) is 11.6 Å². The van der Waals surface area contributed by atoms with Crippen molar-refractivity contribution in [3.8, 4) is 0 Å². The van der Waals surface area contributed by atoms with Gasteiger partial charge in [0.05, 0.1) is 5.02 Å². The molecule has 2 aliphatic heterocycles. The quantitative estimate of drug-likeness (QED) is 0.781. The van der Waals surface area contributed by atoms with Crippen LogP contribution < -0.4 is 0 Å². The van der Waals surface area contributed by atoms with Crippen LogP contribution in [-0.4, -0.2) is 74.7 Å². The lowest BCUT2D eigenvalue weighted by Gasteiger charge is -2.33. The van der Waals surface area contributed by atoms with Crippen molar-refractivity contribution in [1.82, 2.24) is 14.1 Å². The first-order valence-corrected chi connectivity index (χ1v) is 10.9. The van der Waals surface area contributed by atoms with Crippen LogP contribution in [0.5, 0.6) is 0 Å². The third kappa shape index (κ3) is 4.06. The Hall–Kier alpha value is -1.15. The SMILES string of the molecule is CC1CCCN(S(=O)(=O)c2cc(C(=O)N3CCN(C)CC3)ccc2Cl)C1. The van der Waals surface area contributed by atoms with Gasteiger partial charge in [-0.25, -0.2) is 8.42 Å². The van der Waals surface area contributed by atoms with Crippen LogP contribution in [0.1, 0.15) is 30.1 Å². The zero-order valence-electron chi connectivity index (χ0n) is 15.3. The Morgan fingerprint density at radius 1 is 1.15 bits per heavy atom. The number of benzene rings is 1. The molecule has 2 saturated heterocycles. The highest BCUT2D eigenvalue weighted by Crippen LogP contribution is 2.29. The highest BCUT2D eigenvalue weighted by Gasteiger charge is 2.31. The van der Waals surface area contributed by atoms with Gasteiger partial charge in [-0.2, -0.15) is 4.31 Å². The normalized spacial score (nSPS) is 23.2. The molecule has 8 heteroatoms. The summed E-state index contributed by atoms with van der Waals surface area (Å²) in [4.78, 5) is 16.7. The van der Waals surface area contributed by atoms with E-state index in [0.29, 0.717) is 37.7 Å². The maximum Gasteiger partial charge on any atom is 0.253 e. The minimum Gasteiger partial charge on any atom is -0.336 e. The summed E-state index contributed by atoms with van der Waals surface area (Å²) < 4.78 is 27.6. The van der Waals surface area contributed by atoms with Gasteiger partial charge >= 0.3 is 0 Å². The maximum atomic E-state index is 13.1. The molecule has 0 aromatic heterocycles. The molecule has 2 heterocycles. The Morgan fingerprint density at radius 2 is 1.85 bits per heavy atom. The summed E-state index contributed by atoms with van der Waals surface area (Å²) in [6.07, 6.45) is 1.87. The Bertz CT molecular complexity index is 776. The van der Waals surface area contributed by atoms with Crippen LogP contribution in [0.15, 0.2) is 23.1 Å². The average Bonchev–Trinajstić information content (AvgIpc) is 2.62. The number of hydrogen-bond donors (Lipinski definition) is 0. The van der Waals surface area contributed by atoms with Crippen LogP contribution in [0.3, 0.4) is 0 Å². The predicted molar refractivity (Wildman–Crippen MR) is 102 cm³/mol. The molecule has 1 aromatic carbocycles. The summed E-state index contributed by atoms with van der Waals surface area (Å²) in [6, 6.07) is 4.57. The Labute approximate surface area is 160 Å². The van der Waals surface area contributed by atoms with Gasteiger partial charge in [-0.3, -0.25) is 4.79 Å². The van der Waals surface area contributed by atoms with Crippen molar-refractivity contribution >= 4 is 27.5 Å². The smallest absolute Gasteiger partial charge is 0.253 e. The molecule has 0 radical (unpaired) electrons. The number of carbonyl (C=O) groups excluding carboxylic acids is 1. The van der Waals surface area contributed by atoms with Crippen molar-refractivity contribution in [1.29, 1.82) is 0 Å². The molecule has 1 amide bonds. The van der Waals surface area contributed by atoms with E-state index in [9.17, 15) is 13.2 Å².